The van der Waals surface area contributed by atoms with Crippen LogP contribution in [0.15, 0.2) is 18.2 Å². The lowest BCUT2D eigenvalue weighted by molar-refractivity contribution is -0.118. The first-order chi connectivity index (χ1) is 10.1. The van der Waals surface area contributed by atoms with Crippen LogP contribution in [0, 0.1) is 6.92 Å². The van der Waals surface area contributed by atoms with E-state index in [1.165, 1.54) is 16.9 Å². The number of carbonyl (C=O) groups is 1. The summed E-state index contributed by atoms with van der Waals surface area (Å²) >= 11 is 1.51. The number of rotatable bonds is 2. The minimum Gasteiger partial charge on any atom is -0.375 e. The van der Waals surface area contributed by atoms with E-state index in [4.69, 9.17) is 5.73 Å². The highest BCUT2D eigenvalue weighted by Gasteiger charge is 2.22. The van der Waals surface area contributed by atoms with E-state index in [1.54, 1.807) is 0 Å². The normalized spacial score (nSPS) is 14.1. The first kappa shape index (κ1) is 14.1. The maximum Gasteiger partial charge on any atom is 0.226 e. The second kappa shape index (κ2) is 5.48. The van der Waals surface area contributed by atoms with E-state index in [-0.39, 0.29) is 5.91 Å². The van der Waals surface area contributed by atoms with Gasteiger partial charge in [-0.3, -0.25) is 4.79 Å². The average Bonchev–Trinajstić information content (AvgIpc) is 2.84. The van der Waals surface area contributed by atoms with Gasteiger partial charge in [0.15, 0.2) is 5.13 Å². The molecule has 0 fully saturated rings. The molecule has 0 atom stereocenters. The zero-order valence-electron chi connectivity index (χ0n) is 12.3. The molecular formula is C16H19N3OS. The number of nitrogens with zero attached hydrogens (tertiary/aromatic N) is 2. The van der Waals surface area contributed by atoms with E-state index < -0.39 is 0 Å². The Morgan fingerprint density at radius 1 is 1.48 bits per heavy atom. The number of amides is 1. The van der Waals surface area contributed by atoms with Crippen LogP contribution in [0.4, 0.5) is 10.8 Å². The summed E-state index contributed by atoms with van der Waals surface area (Å²) in [5.41, 5.74) is 10.1. The second-order valence-electron chi connectivity index (χ2n) is 5.30. The van der Waals surface area contributed by atoms with Gasteiger partial charge in [0, 0.05) is 29.1 Å². The van der Waals surface area contributed by atoms with Gasteiger partial charge in [0.05, 0.1) is 5.69 Å². The number of aromatic nitrogens is 1. The molecule has 4 nitrogen and oxygen atoms in total. The number of benzene rings is 1. The Hall–Kier alpha value is -1.88. The highest BCUT2D eigenvalue weighted by Crippen LogP contribution is 2.34. The van der Waals surface area contributed by atoms with Crippen molar-refractivity contribution in [1.29, 1.82) is 0 Å². The van der Waals surface area contributed by atoms with Gasteiger partial charge in [0.2, 0.25) is 5.91 Å². The van der Waals surface area contributed by atoms with Crippen molar-refractivity contribution in [3.63, 3.8) is 0 Å². The van der Waals surface area contributed by atoms with Crippen LogP contribution in [0.5, 0.6) is 0 Å². The van der Waals surface area contributed by atoms with Crippen molar-refractivity contribution >= 4 is 28.1 Å². The van der Waals surface area contributed by atoms with E-state index in [9.17, 15) is 4.79 Å². The molecular weight excluding hydrogens is 282 g/mol. The first-order valence-electron chi connectivity index (χ1n) is 7.26. The minimum atomic E-state index is 0.192. The van der Waals surface area contributed by atoms with Gasteiger partial charge >= 0.3 is 0 Å². The molecule has 0 unspecified atom stereocenters. The highest BCUT2D eigenvalue weighted by molar-refractivity contribution is 7.15. The number of hydrogen-bond acceptors (Lipinski definition) is 4. The van der Waals surface area contributed by atoms with Gasteiger partial charge in [-0.05, 0) is 37.5 Å². The van der Waals surface area contributed by atoms with Crippen molar-refractivity contribution in [2.24, 2.45) is 0 Å². The number of hydrogen-bond donors (Lipinski definition) is 1. The Balaban J connectivity index is 2.02. The van der Waals surface area contributed by atoms with Gasteiger partial charge in [-0.2, -0.15) is 0 Å². The van der Waals surface area contributed by atoms with E-state index in [2.05, 4.69) is 11.1 Å². The summed E-state index contributed by atoms with van der Waals surface area (Å²) in [6.07, 6.45) is 2.57. The fraction of sp³-hybridized carbons (Fsp3) is 0.375. The molecule has 5 heteroatoms. The Labute approximate surface area is 128 Å². The Morgan fingerprint density at radius 2 is 2.29 bits per heavy atom. The first-order valence-corrected chi connectivity index (χ1v) is 8.08. The third kappa shape index (κ3) is 2.53. The molecule has 2 heterocycles. The molecule has 0 saturated carbocycles. The Morgan fingerprint density at radius 3 is 2.95 bits per heavy atom. The van der Waals surface area contributed by atoms with Crippen LogP contribution in [-0.2, 0) is 11.2 Å². The number of thiazole rings is 1. The zero-order valence-corrected chi connectivity index (χ0v) is 13.2. The Kier molecular flexibility index (Phi) is 3.68. The number of anilines is 2. The van der Waals surface area contributed by atoms with Crippen molar-refractivity contribution in [3.05, 3.63) is 28.6 Å². The molecule has 0 spiro atoms. The summed E-state index contributed by atoms with van der Waals surface area (Å²) in [4.78, 5) is 19.5. The number of nitrogens with two attached hydrogens (primary N) is 1. The molecule has 2 N–H and O–H groups in total. The van der Waals surface area contributed by atoms with Crippen molar-refractivity contribution < 1.29 is 4.79 Å². The summed E-state index contributed by atoms with van der Waals surface area (Å²) in [6.45, 7) is 4.77. The molecule has 1 aliphatic rings. The van der Waals surface area contributed by atoms with E-state index in [0.717, 1.165) is 41.2 Å². The van der Waals surface area contributed by atoms with Crippen LogP contribution < -0.4 is 10.6 Å². The molecule has 0 bridgehead atoms. The molecule has 1 aromatic heterocycles. The third-order valence-corrected chi connectivity index (χ3v) is 4.69. The van der Waals surface area contributed by atoms with Crippen LogP contribution >= 0.6 is 11.3 Å². The maximum absolute atomic E-state index is 12.0. The largest absolute Gasteiger partial charge is 0.375 e. The lowest BCUT2D eigenvalue weighted by Crippen LogP contribution is -2.34. The van der Waals surface area contributed by atoms with Crippen molar-refractivity contribution in [1.82, 2.24) is 4.98 Å². The topological polar surface area (TPSA) is 59.2 Å². The predicted molar refractivity (Wildman–Crippen MR) is 87.7 cm³/mol. The molecule has 21 heavy (non-hydrogen) atoms. The minimum absolute atomic E-state index is 0.192. The smallest absolute Gasteiger partial charge is 0.226 e. The van der Waals surface area contributed by atoms with Crippen LogP contribution in [0.25, 0.3) is 11.3 Å². The molecule has 1 aromatic carbocycles. The predicted octanol–water partition coefficient (Wildman–Crippen LogP) is 3.39. The fourth-order valence-corrected chi connectivity index (χ4v) is 3.59. The molecule has 0 radical (unpaired) electrons. The summed E-state index contributed by atoms with van der Waals surface area (Å²) in [7, 11) is 0. The van der Waals surface area contributed by atoms with E-state index >= 15 is 0 Å². The summed E-state index contributed by atoms with van der Waals surface area (Å²) < 4.78 is 0. The summed E-state index contributed by atoms with van der Waals surface area (Å²) in [6, 6.07) is 6.25. The summed E-state index contributed by atoms with van der Waals surface area (Å²) in [5.74, 6) is 0.192. The lowest BCUT2D eigenvalue weighted by atomic mass is 9.97. The van der Waals surface area contributed by atoms with Gasteiger partial charge in [-0.15, -0.1) is 11.3 Å². The van der Waals surface area contributed by atoms with Gasteiger partial charge < -0.3 is 10.6 Å². The SMILES string of the molecule is CCC(=O)N1CCCc2cc(-c3nc(N)sc3C)ccc21. The molecule has 2 aromatic rings. The maximum atomic E-state index is 12.0. The Bertz CT molecular complexity index is 693. The van der Waals surface area contributed by atoms with Gasteiger partial charge in [0.25, 0.3) is 0 Å². The zero-order chi connectivity index (χ0) is 15.0. The van der Waals surface area contributed by atoms with Crippen molar-refractivity contribution in [3.8, 4) is 11.3 Å². The second-order valence-corrected chi connectivity index (χ2v) is 6.54. The lowest BCUT2D eigenvalue weighted by Gasteiger charge is -2.29. The van der Waals surface area contributed by atoms with Crippen LogP contribution in [-0.4, -0.2) is 17.4 Å². The number of fused-ring (bicyclic) bond motifs is 1. The number of carbonyl (C=O) groups excluding carboxylic acids is 1. The van der Waals surface area contributed by atoms with Crippen molar-refractivity contribution in [2.75, 3.05) is 17.2 Å². The molecule has 1 amide bonds. The van der Waals surface area contributed by atoms with Gasteiger partial charge in [-0.25, -0.2) is 4.98 Å². The molecule has 110 valence electrons. The standard InChI is InChI=1S/C16H19N3OS/c1-3-14(20)19-8-4-5-11-9-12(6-7-13(11)19)15-10(2)21-16(17)18-15/h6-7,9H,3-5,8H2,1-2H3,(H2,17,18). The van der Waals surface area contributed by atoms with Gasteiger partial charge in [-0.1, -0.05) is 13.0 Å². The van der Waals surface area contributed by atoms with E-state index in [0.29, 0.717) is 11.6 Å². The molecule has 1 aliphatic heterocycles. The van der Waals surface area contributed by atoms with Crippen molar-refractivity contribution in [2.45, 2.75) is 33.1 Å². The van der Waals surface area contributed by atoms with Crippen LogP contribution in [0.1, 0.15) is 30.2 Å². The molecule has 0 saturated heterocycles. The molecule has 3 rings (SSSR count). The van der Waals surface area contributed by atoms with Gasteiger partial charge in [0.1, 0.15) is 0 Å². The quantitative estimate of drug-likeness (QED) is 0.925. The number of nitrogen functional groups attached to an aromatic ring is 1. The molecule has 0 aliphatic carbocycles. The summed E-state index contributed by atoms with van der Waals surface area (Å²) in [5, 5.41) is 0.600. The monoisotopic (exact) mass is 301 g/mol. The third-order valence-electron chi connectivity index (χ3n) is 3.89. The van der Waals surface area contributed by atoms with Crippen LogP contribution in [0.3, 0.4) is 0 Å². The average molecular weight is 301 g/mol. The highest BCUT2D eigenvalue weighted by atomic mass is 32.1. The number of aryl methyl sites for hydroxylation is 2. The van der Waals surface area contributed by atoms with E-state index in [1.807, 2.05) is 30.9 Å². The van der Waals surface area contributed by atoms with Crippen LogP contribution in [0.2, 0.25) is 0 Å². The fourth-order valence-electron chi connectivity index (χ4n) is 2.88.